The molecule has 1 rings (SSSR count). The van der Waals surface area contributed by atoms with Crippen LogP contribution in [0.1, 0.15) is 56.9 Å². The third-order valence-electron chi connectivity index (χ3n) is 3.07. The summed E-state index contributed by atoms with van der Waals surface area (Å²) in [5.41, 5.74) is 2.73. The van der Waals surface area contributed by atoms with Crippen molar-refractivity contribution in [3.63, 3.8) is 0 Å². The van der Waals surface area contributed by atoms with Crippen molar-refractivity contribution in [3.05, 3.63) is 23.2 Å². The molecule has 0 aromatic carbocycles. The van der Waals surface area contributed by atoms with Crippen LogP contribution >= 0.6 is 0 Å². The van der Waals surface area contributed by atoms with Gasteiger partial charge in [-0.05, 0) is 36.8 Å². The van der Waals surface area contributed by atoms with Crippen molar-refractivity contribution >= 4 is 0 Å². The molecule has 1 aromatic heterocycles. The van der Waals surface area contributed by atoms with Crippen molar-refractivity contribution in [2.75, 3.05) is 0 Å². The molecule has 1 heterocycles. The zero-order chi connectivity index (χ0) is 10.7. The summed E-state index contributed by atoms with van der Waals surface area (Å²) in [6, 6.07) is 0. The molecule has 0 N–H and O–H groups in total. The first-order valence-electron chi connectivity index (χ1n) is 5.68. The fraction of sp³-hybridized carbons (Fsp3) is 0.692. The van der Waals surface area contributed by atoms with Gasteiger partial charge in [0, 0.05) is 5.92 Å². The van der Waals surface area contributed by atoms with E-state index >= 15 is 0 Å². The van der Waals surface area contributed by atoms with Crippen LogP contribution in [0.5, 0.6) is 0 Å². The maximum Gasteiger partial charge on any atom is 0.110 e. The Kier molecular flexibility index (Phi) is 3.79. The predicted molar refractivity (Wildman–Crippen MR) is 60.7 cm³/mol. The van der Waals surface area contributed by atoms with Crippen molar-refractivity contribution in [1.82, 2.24) is 0 Å². The van der Waals surface area contributed by atoms with Crippen LogP contribution in [0.15, 0.2) is 10.7 Å². The lowest BCUT2D eigenvalue weighted by Gasteiger charge is -2.18. The summed E-state index contributed by atoms with van der Waals surface area (Å²) in [6.07, 6.45) is 4.15. The summed E-state index contributed by atoms with van der Waals surface area (Å²) in [7, 11) is 0. The van der Waals surface area contributed by atoms with E-state index in [2.05, 4.69) is 34.6 Å². The van der Waals surface area contributed by atoms with E-state index in [-0.39, 0.29) is 0 Å². The van der Waals surface area contributed by atoms with E-state index in [0.717, 1.165) is 12.8 Å². The van der Waals surface area contributed by atoms with Gasteiger partial charge >= 0.3 is 0 Å². The molecular formula is C13H22O. The van der Waals surface area contributed by atoms with E-state index in [9.17, 15) is 0 Å². The third kappa shape index (κ3) is 2.02. The fourth-order valence-electron chi connectivity index (χ4n) is 2.21. The van der Waals surface area contributed by atoms with Gasteiger partial charge in [-0.2, -0.15) is 0 Å². The molecule has 1 nitrogen and oxygen atoms in total. The molecule has 1 unspecified atom stereocenters. The van der Waals surface area contributed by atoms with Crippen molar-refractivity contribution in [3.8, 4) is 0 Å². The van der Waals surface area contributed by atoms with Crippen molar-refractivity contribution < 1.29 is 4.42 Å². The predicted octanol–water partition coefficient (Wildman–Crippen LogP) is 4.30. The van der Waals surface area contributed by atoms with Crippen LogP contribution in [-0.4, -0.2) is 0 Å². The maximum absolute atomic E-state index is 5.70. The van der Waals surface area contributed by atoms with Gasteiger partial charge < -0.3 is 4.42 Å². The molecule has 14 heavy (non-hydrogen) atoms. The number of aryl methyl sites for hydroxylation is 1. The first-order valence-corrected chi connectivity index (χ1v) is 5.68. The summed E-state index contributed by atoms with van der Waals surface area (Å²) < 4.78 is 5.70. The molecular weight excluding hydrogens is 172 g/mol. The second-order valence-electron chi connectivity index (χ2n) is 4.37. The van der Waals surface area contributed by atoms with Crippen molar-refractivity contribution in [2.24, 2.45) is 5.92 Å². The molecule has 0 aliphatic heterocycles. The smallest absolute Gasteiger partial charge is 0.110 e. The molecule has 0 aliphatic rings. The summed E-state index contributed by atoms with van der Waals surface area (Å²) in [4.78, 5) is 0. The summed E-state index contributed by atoms with van der Waals surface area (Å²) in [5.74, 6) is 2.47. The van der Waals surface area contributed by atoms with Gasteiger partial charge in [0.1, 0.15) is 5.76 Å². The third-order valence-corrected chi connectivity index (χ3v) is 3.07. The number of furan rings is 1. The van der Waals surface area contributed by atoms with Gasteiger partial charge in [0.25, 0.3) is 0 Å². The standard InChI is InChI=1S/C13H22O/c1-6-11(9(3)4)13-12(7-2)10(5)8-14-13/h8-9,11H,6-7H2,1-5H3. The summed E-state index contributed by atoms with van der Waals surface area (Å²) in [6.45, 7) is 11.1. The first-order chi connectivity index (χ1) is 6.61. The van der Waals surface area contributed by atoms with Gasteiger partial charge in [0.05, 0.1) is 6.26 Å². The molecule has 0 aliphatic carbocycles. The second-order valence-corrected chi connectivity index (χ2v) is 4.37. The lowest BCUT2D eigenvalue weighted by atomic mass is 9.88. The van der Waals surface area contributed by atoms with Gasteiger partial charge in [-0.25, -0.2) is 0 Å². The van der Waals surface area contributed by atoms with Crippen LogP contribution in [0, 0.1) is 12.8 Å². The average molecular weight is 194 g/mol. The van der Waals surface area contributed by atoms with E-state index in [1.807, 2.05) is 6.26 Å². The minimum absolute atomic E-state index is 0.582. The zero-order valence-electron chi connectivity index (χ0n) is 10.1. The fourth-order valence-corrected chi connectivity index (χ4v) is 2.21. The molecule has 1 atom stereocenters. The molecule has 0 saturated carbocycles. The van der Waals surface area contributed by atoms with Gasteiger partial charge in [0.2, 0.25) is 0 Å². The Balaban J connectivity index is 3.03. The summed E-state index contributed by atoms with van der Waals surface area (Å²) >= 11 is 0. The SMILES string of the molecule is CCc1c(C)coc1C(CC)C(C)C. The summed E-state index contributed by atoms with van der Waals surface area (Å²) in [5, 5.41) is 0. The molecule has 1 aromatic rings. The second kappa shape index (κ2) is 4.68. The van der Waals surface area contributed by atoms with E-state index in [1.54, 1.807) is 0 Å². The Morgan fingerprint density at radius 2 is 1.93 bits per heavy atom. The number of rotatable bonds is 4. The van der Waals surface area contributed by atoms with Gasteiger partial charge in [0.15, 0.2) is 0 Å². The Labute approximate surface area is 87.5 Å². The quantitative estimate of drug-likeness (QED) is 0.696. The normalized spacial score (nSPS) is 13.6. The highest BCUT2D eigenvalue weighted by Crippen LogP contribution is 2.32. The largest absolute Gasteiger partial charge is 0.468 e. The molecule has 0 spiro atoms. The van der Waals surface area contributed by atoms with Gasteiger partial charge in [-0.1, -0.05) is 27.7 Å². The van der Waals surface area contributed by atoms with Crippen molar-refractivity contribution in [1.29, 1.82) is 0 Å². The Hall–Kier alpha value is -0.720. The number of hydrogen-bond acceptors (Lipinski definition) is 1. The number of hydrogen-bond donors (Lipinski definition) is 0. The zero-order valence-corrected chi connectivity index (χ0v) is 10.1. The van der Waals surface area contributed by atoms with E-state index in [0.29, 0.717) is 11.8 Å². The van der Waals surface area contributed by atoms with Gasteiger partial charge in [-0.15, -0.1) is 0 Å². The van der Waals surface area contributed by atoms with Crippen LogP contribution in [0.3, 0.4) is 0 Å². The van der Waals surface area contributed by atoms with E-state index < -0.39 is 0 Å². The molecule has 80 valence electrons. The lowest BCUT2D eigenvalue weighted by molar-refractivity contribution is 0.383. The molecule has 1 heteroatoms. The van der Waals surface area contributed by atoms with Crippen LogP contribution < -0.4 is 0 Å². The Bertz CT molecular complexity index is 283. The monoisotopic (exact) mass is 194 g/mol. The molecule has 0 saturated heterocycles. The molecule has 0 bridgehead atoms. The maximum atomic E-state index is 5.70. The molecule has 0 amide bonds. The van der Waals surface area contributed by atoms with Crippen LogP contribution in [0.25, 0.3) is 0 Å². The van der Waals surface area contributed by atoms with E-state index in [1.165, 1.54) is 16.9 Å². The first kappa shape index (κ1) is 11.4. The molecule has 0 fully saturated rings. The van der Waals surface area contributed by atoms with Crippen LogP contribution in [-0.2, 0) is 6.42 Å². The lowest BCUT2D eigenvalue weighted by Crippen LogP contribution is -2.06. The van der Waals surface area contributed by atoms with Crippen LogP contribution in [0.4, 0.5) is 0 Å². The highest BCUT2D eigenvalue weighted by atomic mass is 16.3. The van der Waals surface area contributed by atoms with Crippen molar-refractivity contribution in [2.45, 2.75) is 53.4 Å². The highest BCUT2D eigenvalue weighted by molar-refractivity contribution is 5.29. The van der Waals surface area contributed by atoms with Crippen LogP contribution in [0.2, 0.25) is 0 Å². The topological polar surface area (TPSA) is 13.1 Å². The Morgan fingerprint density at radius 3 is 2.36 bits per heavy atom. The molecule has 0 radical (unpaired) electrons. The Morgan fingerprint density at radius 1 is 1.29 bits per heavy atom. The highest BCUT2D eigenvalue weighted by Gasteiger charge is 2.21. The minimum Gasteiger partial charge on any atom is -0.468 e. The van der Waals surface area contributed by atoms with Gasteiger partial charge in [-0.3, -0.25) is 0 Å². The average Bonchev–Trinajstić information content (AvgIpc) is 2.48. The minimum atomic E-state index is 0.582. The van der Waals surface area contributed by atoms with E-state index in [4.69, 9.17) is 4.42 Å².